The van der Waals surface area contributed by atoms with Gasteiger partial charge in [0.25, 0.3) is 0 Å². The molecule has 1 unspecified atom stereocenters. The summed E-state index contributed by atoms with van der Waals surface area (Å²) in [5.74, 6) is 2.05. The van der Waals surface area contributed by atoms with Crippen molar-refractivity contribution in [1.29, 1.82) is 0 Å². The quantitative estimate of drug-likeness (QED) is 0.174. The molecule has 2 aliphatic carbocycles. The number of rotatable bonds is 5. The lowest BCUT2D eigenvalue weighted by Gasteiger charge is -2.32. The standard InChI is InChI=1S/C55H38N4S/c1-2-14-36-60-49-28-12-10-24-45(49)55(34-13-1)46-25-15-22-42(38-31-29-37(30-32-38)41-33-35-56-48-27-11-9-21-43(41)48)50(46)51-44(23-16-26-47(51)55)54-58-52(39-17-5-3-6-18-39)57-53(59-54)40-19-7-4-8-20-40/h1-7,9-19,21-36H,8,20H2/b2-1-,34-13+,36-14+. The molecule has 11 rings (SSSR count). The third kappa shape index (κ3) is 6.09. The SMILES string of the molecule is C1=CCCC(c2nc(-c3ccccc3)nc(-c3cccc4c3-c3c(-c5ccc(-c6ccnc7ccccc67)cc5)cccc3C43/C=C/C=C\C=C\Sc4ccccc43)n2)=C1. The van der Waals surface area contributed by atoms with Crippen molar-refractivity contribution in [2.45, 2.75) is 23.2 Å². The van der Waals surface area contributed by atoms with Gasteiger partial charge in [-0.15, -0.1) is 0 Å². The molecule has 6 aromatic carbocycles. The zero-order valence-corrected chi connectivity index (χ0v) is 33.6. The molecule has 0 fully saturated rings. The Morgan fingerprint density at radius 1 is 0.483 bits per heavy atom. The van der Waals surface area contributed by atoms with Crippen LogP contribution in [0.15, 0.2) is 211 Å². The van der Waals surface area contributed by atoms with Gasteiger partial charge in [-0.25, -0.2) is 15.0 Å². The fourth-order valence-electron chi connectivity index (χ4n) is 9.14. The first-order valence-electron chi connectivity index (χ1n) is 20.4. The molecule has 0 saturated carbocycles. The van der Waals surface area contributed by atoms with E-state index < -0.39 is 5.41 Å². The zero-order valence-electron chi connectivity index (χ0n) is 32.7. The third-order valence-corrected chi connectivity index (χ3v) is 12.8. The van der Waals surface area contributed by atoms with Crippen LogP contribution in [0.1, 0.15) is 35.4 Å². The van der Waals surface area contributed by atoms with Gasteiger partial charge in [-0.1, -0.05) is 188 Å². The molecule has 4 nitrogen and oxygen atoms in total. The van der Waals surface area contributed by atoms with Crippen LogP contribution >= 0.6 is 11.8 Å². The van der Waals surface area contributed by atoms with Gasteiger partial charge in [0.2, 0.25) is 0 Å². The summed E-state index contributed by atoms with van der Waals surface area (Å²) in [5, 5.41) is 3.31. The molecule has 0 N–H and O–H groups in total. The molecule has 1 aliphatic heterocycles. The van der Waals surface area contributed by atoms with E-state index in [1.807, 2.05) is 30.5 Å². The van der Waals surface area contributed by atoms with E-state index in [0.717, 1.165) is 68.5 Å². The molecule has 8 aromatic rings. The van der Waals surface area contributed by atoms with Crippen LogP contribution in [-0.4, -0.2) is 19.9 Å². The van der Waals surface area contributed by atoms with E-state index >= 15 is 0 Å². The van der Waals surface area contributed by atoms with Gasteiger partial charge in [0.05, 0.1) is 10.9 Å². The summed E-state index contributed by atoms with van der Waals surface area (Å²) in [6.45, 7) is 0. The first-order chi connectivity index (χ1) is 29.8. The maximum atomic E-state index is 5.34. The predicted molar refractivity (Wildman–Crippen MR) is 248 cm³/mol. The highest BCUT2D eigenvalue weighted by Gasteiger charge is 2.46. The Morgan fingerprint density at radius 3 is 2.00 bits per heavy atom. The van der Waals surface area contributed by atoms with Crippen LogP contribution < -0.4 is 0 Å². The highest BCUT2D eigenvalue weighted by atomic mass is 32.2. The molecule has 1 atom stereocenters. The second-order valence-electron chi connectivity index (χ2n) is 15.2. The van der Waals surface area contributed by atoms with Crippen molar-refractivity contribution in [1.82, 2.24) is 19.9 Å². The van der Waals surface area contributed by atoms with Gasteiger partial charge in [0, 0.05) is 27.6 Å². The van der Waals surface area contributed by atoms with Crippen LogP contribution in [0.3, 0.4) is 0 Å². The largest absolute Gasteiger partial charge is 0.256 e. The van der Waals surface area contributed by atoms with Crippen LogP contribution in [-0.2, 0) is 5.41 Å². The molecular formula is C55H38N4S. The van der Waals surface area contributed by atoms with Crippen molar-refractivity contribution >= 4 is 28.2 Å². The summed E-state index contributed by atoms with van der Waals surface area (Å²) in [6.07, 6.45) is 21.1. The summed E-state index contributed by atoms with van der Waals surface area (Å²) in [5.41, 5.74) is 14.1. The number of allylic oxidation sites excluding steroid dienone is 9. The minimum Gasteiger partial charge on any atom is -0.256 e. The molecule has 60 heavy (non-hydrogen) atoms. The van der Waals surface area contributed by atoms with E-state index in [4.69, 9.17) is 15.0 Å². The van der Waals surface area contributed by atoms with Gasteiger partial charge in [-0.05, 0) is 92.1 Å². The fourth-order valence-corrected chi connectivity index (χ4v) is 9.96. The van der Waals surface area contributed by atoms with E-state index in [1.54, 1.807) is 11.8 Å². The summed E-state index contributed by atoms with van der Waals surface area (Å²) < 4.78 is 0. The zero-order chi connectivity index (χ0) is 39.9. The van der Waals surface area contributed by atoms with E-state index in [0.29, 0.717) is 11.6 Å². The monoisotopic (exact) mass is 786 g/mol. The minimum absolute atomic E-state index is 0.611. The van der Waals surface area contributed by atoms with Crippen LogP contribution in [0.2, 0.25) is 0 Å². The van der Waals surface area contributed by atoms with Crippen molar-refractivity contribution < 1.29 is 0 Å². The molecule has 0 radical (unpaired) electrons. The molecule has 3 aliphatic rings. The Bertz CT molecular complexity index is 3120. The Morgan fingerprint density at radius 2 is 1.17 bits per heavy atom. The van der Waals surface area contributed by atoms with Crippen molar-refractivity contribution in [2.24, 2.45) is 0 Å². The summed E-state index contributed by atoms with van der Waals surface area (Å²) in [4.78, 5) is 21.6. The Kier molecular flexibility index (Phi) is 9.09. The van der Waals surface area contributed by atoms with Crippen LogP contribution in [0, 0.1) is 0 Å². The van der Waals surface area contributed by atoms with Crippen LogP contribution in [0.25, 0.3) is 72.6 Å². The Hall–Kier alpha value is -7.21. The van der Waals surface area contributed by atoms with E-state index in [-0.39, 0.29) is 0 Å². The third-order valence-electron chi connectivity index (χ3n) is 11.9. The number of pyridine rings is 1. The van der Waals surface area contributed by atoms with Crippen molar-refractivity contribution in [3.8, 4) is 56.2 Å². The fraction of sp³-hybridized carbons (Fsp3) is 0.0545. The number of nitrogens with zero attached hydrogens (tertiary/aromatic N) is 4. The Labute approximate surface area is 354 Å². The number of aromatic nitrogens is 4. The predicted octanol–water partition coefficient (Wildman–Crippen LogP) is 13.9. The molecule has 5 heteroatoms. The lowest BCUT2D eigenvalue weighted by Crippen LogP contribution is -2.25. The van der Waals surface area contributed by atoms with Crippen LogP contribution in [0.4, 0.5) is 0 Å². The first-order valence-corrected chi connectivity index (χ1v) is 21.3. The number of hydrogen-bond acceptors (Lipinski definition) is 5. The summed E-state index contributed by atoms with van der Waals surface area (Å²) in [6, 6.07) is 52.1. The molecule has 0 amide bonds. The van der Waals surface area contributed by atoms with Gasteiger partial charge in [0.1, 0.15) is 0 Å². The highest BCUT2D eigenvalue weighted by Crippen LogP contribution is 2.59. The smallest absolute Gasteiger partial charge is 0.164 e. The van der Waals surface area contributed by atoms with Gasteiger partial charge >= 0.3 is 0 Å². The number of thioether (sulfide) groups is 1. The summed E-state index contributed by atoms with van der Waals surface area (Å²) in [7, 11) is 0. The van der Waals surface area contributed by atoms with Crippen molar-refractivity contribution in [3.05, 3.63) is 228 Å². The van der Waals surface area contributed by atoms with E-state index in [2.05, 4.69) is 180 Å². The second kappa shape index (κ2) is 15.2. The molecule has 0 bridgehead atoms. The maximum absolute atomic E-state index is 5.34. The van der Waals surface area contributed by atoms with Crippen molar-refractivity contribution in [2.75, 3.05) is 0 Å². The van der Waals surface area contributed by atoms with Gasteiger partial charge in [-0.2, -0.15) is 0 Å². The van der Waals surface area contributed by atoms with Gasteiger partial charge in [-0.3, -0.25) is 4.98 Å². The average Bonchev–Trinajstić information content (AvgIpc) is 3.62. The topological polar surface area (TPSA) is 51.6 Å². The average molecular weight is 787 g/mol. The Balaban J connectivity index is 1.19. The van der Waals surface area contributed by atoms with Gasteiger partial charge in [0.15, 0.2) is 17.5 Å². The maximum Gasteiger partial charge on any atom is 0.164 e. The number of para-hydroxylation sites is 1. The molecule has 1 spiro atoms. The van der Waals surface area contributed by atoms with Crippen LogP contribution in [0.5, 0.6) is 0 Å². The molecule has 0 saturated heterocycles. The number of hydrogen-bond donors (Lipinski definition) is 0. The van der Waals surface area contributed by atoms with Gasteiger partial charge < -0.3 is 0 Å². The molecule has 2 aromatic heterocycles. The second-order valence-corrected chi connectivity index (χ2v) is 16.2. The van der Waals surface area contributed by atoms with E-state index in [1.165, 1.54) is 32.7 Å². The molecule has 284 valence electrons. The van der Waals surface area contributed by atoms with Crippen molar-refractivity contribution in [3.63, 3.8) is 0 Å². The normalized spacial score (nSPS) is 18.0. The lowest BCUT2D eigenvalue weighted by atomic mass is 9.71. The molecular weight excluding hydrogens is 749 g/mol. The lowest BCUT2D eigenvalue weighted by molar-refractivity contribution is 0.783. The number of benzene rings is 6. The summed E-state index contributed by atoms with van der Waals surface area (Å²) >= 11 is 1.76. The first kappa shape index (κ1) is 35.9. The highest BCUT2D eigenvalue weighted by molar-refractivity contribution is 8.02. The number of fused-ring (bicyclic) bond motifs is 8. The molecule has 3 heterocycles. The van der Waals surface area contributed by atoms with E-state index in [9.17, 15) is 0 Å². The minimum atomic E-state index is -0.611.